The zero-order valence-electron chi connectivity index (χ0n) is 12.1. The molecule has 3 rings (SSSR count). The SMILES string of the molecule is CC1CCCC(C)C1N1CC2CCCC(N)C2C1. The van der Waals surface area contributed by atoms with Crippen molar-refractivity contribution in [2.45, 2.75) is 64.5 Å². The average molecular weight is 250 g/mol. The Balaban J connectivity index is 1.70. The highest BCUT2D eigenvalue weighted by molar-refractivity contribution is 4.97. The summed E-state index contributed by atoms with van der Waals surface area (Å²) in [4.78, 5) is 2.83. The number of hydrogen-bond acceptors (Lipinski definition) is 2. The first-order valence-electron chi connectivity index (χ1n) is 8.16. The van der Waals surface area contributed by atoms with Gasteiger partial charge in [-0.25, -0.2) is 0 Å². The molecule has 2 N–H and O–H groups in total. The van der Waals surface area contributed by atoms with Gasteiger partial charge in [0.1, 0.15) is 0 Å². The van der Waals surface area contributed by atoms with E-state index in [4.69, 9.17) is 5.73 Å². The maximum Gasteiger partial charge on any atom is 0.0147 e. The molecule has 2 heteroatoms. The highest BCUT2D eigenvalue weighted by Gasteiger charge is 2.43. The number of nitrogens with zero attached hydrogens (tertiary/aromatic N) is 1. The second-order valence-corrected chi connectivity index (χ2v) is 7.35. The van der Waals surface area contributed by atoms with Crippen LogP contribution in [-0.2, 0) is 0 Å². The molecule has 0 amide bonds. The molecule has 1 saturated heterocycles. The van der Waals surface area contributed by atoms with E-state index in [0.29, 0.717) is 6.04 Å². The lowest BCUT2D eigenvalue weighted by molar-refractivity contribution is 0.0846. The molecule has 2 aliphatic carbocycles. The topological polar surface area (TPSA) is 29.3 Å². The minimum Gasteiger partial charge on any atom is -0.327 e. The molecule has 3 fully saturated rings. The Morgan fingerprint density at radius 1 is 0.889 bits per heavy atom. The summed E-state index contributed by atoms with van der Waals surface area (Å²) in [6.45, 7) is 7.59. The first-order chi connectivity index (χ1) is 8.66. The van der Waals surface area contributed by atoms with Crippen molar-refractivity contribution in [2.75, 3.05) is 13.1 Å². The Morgan fingerprint density at radius 3 is 2.22 bits per heavy atom. The second-order valence-electron chi connectivity index (χ2n) is 7.35. The lowest BCUT2D eigenvalue weighted by Gasteiger charge is -2.41. The Kier molecular flexibility index (Phi) is 3.68. The first kappa shape index (κ1) is 12.9. The van der Waals surface area contributed by atoms with E-state index in [2.05, 4.69) is 18.7 Å². The molecule has 0 aromatic carbocycles. The zero-order valence-corrected chi connectivity index (χ0v) is 12.1. The molecule has 104 valence electrons. The van der Waals surface area contributed by atoms with Gasteiger partial charge in [-0.15, -0.1) is 0 Å². The van der Waals surface area contributed by atoms with Gasteiger partial charge in [-0.1, -0.05) is 26.7 Å². The summed E-state index contributed by atoms with van der Waals surface area (Å²) in [6.07, 6.45) is 8.39. The largest absolute Gasteiger partial charge is 0.327 e. The fraction of sp³-hybridized carbons (Fsp3) is 1.00. The van der Waals surface area contributed by atoms with Gasteiger partial charge in [0, 0.05) is 25.2 Å². The van der Waals surface area contributed by atoms with Crippen LogP contribution in [0, 0.1) is 23.7 Å². The molecule has 0 radical (unpaired) electrons. The predicted octanol–water partition coefficient (Wildman–Crippen LogP) is 2.87. The van der Waals surface area contributed by atoms with Gasteiger partial charge in [-0.3, -0.25) is 4.90 Å². The highest BCUT2D eigenvalue weighted by Crippen LogP contribution is 2.41. The third-order valence-electron chi connectivity index (χ3n) is 6.09. The van der Waals surface area contributed by atoms with Gasteiger partial charge < -0.3 is 5.73 Å². The van der Waals surface area contributed by atoms with E-state index < -0.39 is 0 Å². The van der Waals surface area contributed by atoms with Crippen LogP contribution in [0.2, 0.25) is 0 Å². The summed E-state index contributed by atoms with van der Waals surface area (Å²) in [6, 6.07) is 1.33. The van der Waals surface area contributed by atoms with Gasteiger partial charge in [-0.05, 0) is 49.4 Å². The van der Waals surface area contributed by atoms with Crippen LogP contribution in [0.5, 0.6) is 0 Å². The second kappa shape index (κ2) is 5.13. The fourth-order valence-corrected chi connectivity index (χ4v) is 5.18. The van der Waals surface area contributed by atoms with Crippen LogP contribution in [0.25, 0.3) is 0 Å². The highest BCUT2D eigenvalue weighted by atomic mass is 15.2. The standard InChI is InChI=1S/C16H30N2/c1-11-5-3-6-12(2)16(11)18-9-13-7-4-8-15(17)14(13)10-18/h11-16H,3-10,17H2,1-2H3. The summed E-state index contributed by atoms with van der Waals surface area (Å²) in [5.74, 6) is 3.51. The van der Waals surface area contributed by atoms with E-state index in [9.17, 15) is 0 Å². The Morgan fingerprint density at radius 2 is 1.56 bits per heavy atom. The van der Waals surface area contributed by atoms with Crippen LogP contribution >= 0.6 is 0 Å². The third kappa shape index (κ3) is 2.22. The number of nitrogens with two attached hydrogens (primary N) is 1. The lowest BCUT2D eigenvalue weighted by Crippen LogP contribution is -2.45. The van der Waals surface area contributed by atoms with Crippen molar-refractivity contribution in [1.29, 1.82) is 0 Å². The van der Waals surface area contributed by atoms with Gasteiger partial charge in [-0.2, -0.15) is 0 Å². The maximum absolute atomic E-state index is 6.35. The van der Waals surface area contributed by atoms with Crippen molar-refractivity contribution in [3.8, 4) is 0 Å². The molecular weight excluding hydrogens is 220 g/mol. The van der Waals surface area contributed by atoms with Crippen LogP contribution in [0.4, 0.5) is 0 Å². The quantitative estimate of drug-likeness (QED) is 0.775. The molecule has 2 saturated carbocycles. The minimum atomic E-state index is 0.489. The van der Waals surface area contributed by atoms with Crippen molar-refractivity contribution in [3.63, 3.8) is 0 Å². The maximum atomic E-state index is 6.35. The summed E-state index contributed by atoms with van der Waals surface area (Å²) < 4.78 is 0. The molecule has 2 nitrogen and oxygen atoms in total. The van der Waals surface area contributed by atoms with E-state index >= 15 is 0 Å². The Bertz CT molecular complexity index is 281. The molecular formula is C16H30N2. The predicted molar refractivity (Wildman–Crippen MR) is 76.3 cm³/mol. The Labute approximate surface area is 112 Å². The van der Waals surface area contributed by atoms with Crippen molar-refractivity contribution < 1.29 is 0 Å². The molecule has 5 atom stereocenters. The van der Waals surface area contributed by atoms with Crippen molar-refractivity contribution in [3.05, 3.63) is 0 Å². The number of likely N-dealkylation sites (tertiary alicyclic amines) is 1. The van der Waals surface area contributed by atoms with Crippen LogP contribution in [0.3, 0.4) is 0 Å². The van der Waals surface area contributed by atoms with Gasteiger partial charge >= 0.3 is 0 Å². The number of fused-ring (bicyclic) bond motifs is 1. The molecule has 1 aliphatic heterocycles. The van der Waals surface area contributed by atoms with E-state index in [1.54, 1.807) is 0 Å². The molecule has 1 heterocycles. The summed E-state index contributed by atoms with van der Waals surface area (Å²) in [5, 5.41) is 0. The van der Waals surface area contributed by atoms with Crippen LogP contribution < -0.4 is 5.73 Å². The van der Waals surface area contributed by atoms with Gasteiger partial charge in [0.25, 0.3) is 0 Å². The summed E-state index contributed by atoms with van der Waals surface area (Å²) in [7, 11) is 0. The minimum absolute atomic E-state index is 0.489. The summed E-state index contributed by atoms with van der Waals surface area (Å²) in [5.41, 5.74) is 6.35. The van der Waals surface area contributed by atoms with Crippen molar-refractivity contribution in [2.24, 2.45) is 29.4 Å². The van der Waals surface area contributed by atoms with E-state index in [0.717, 1.165) is 29.7 Å². The molecule has 5 unspecified atom stereocenters. The molecule has 0 bridgehead atoms. The number of rotatable bonds is 1. The van der Waals surface area contributed by atoms with Gasteiger partial charge in [0.15, 0.2) is 0 Å². The lowest BCUT2D eigenvalue weighted by atomic mass is 9.78. The van der Waals surface area contributed by atoms with Crippen LogP contribution in [0.15, 0.2) is 0 Å². The monoisotopic (exact) mass is 250 g/mol. The smallest absolute Gasteiger partial charge is 0.0147 e. The van der Waals surface area contributed by atoms with Gasteiger partial charge in [0.05, 0.1) is 0 Å². The first-order valence-corrected chi connectivity index (χ1v) is 8.16. The molecule has 0 spiro atoms. The van der Waals surface area contributed by atoms with Crippen molar-refractivity contribution >= 4 is 0 Å². The van der Waals surface area contributed by atoms with E-state index in [-0.39, 0.29) is 0 Å². The van der Waals surface area contributed by atoms with Gasteiger partial charge in [0.2, 0.25) is 0 Å². The van der Waals surface area contributed by atoms with Crippen LogP contribution in [0.1, 0.15) is 52.4 Å². The fourth-order valence-electron chi connectivity index (χ4n) is 5.18. The molecule has 3 aliphatic rings. The molecule has 0 aromatic rings. The molecule has 18 heavy (non-hydrogen) atoms. The normalized spacial score (nSPS) is 50.2. The average Bonchev–Trinajstić information content (AvgIpc) is 2.74. The van der Waals surface area contributed by atoms with Crippen molar-refractivity contribution in [1.82, 2.24) is 4.90 Å². The summed E-state index contributed by atoms with van der Waals surface area (Å²) >= 11 is 0. The van der Waals surface area contributed by atoms with E-state index in [1.807, 2.05) is 0 Å². The van der Waals surface area contributed by atoms with E-state index in [1.165, 1.54) is 51.6 Å². The zero-order chi connectivity index (χ0) is 12.7. The third-order valence-corrected chi connectivity index (χ3v) is 6.09. The van der Waals surface area contributed by atoms with Crippen LogP contribution in [-0.4, -0.2) is 30.1 Å². The number of hydrogen-bond donors (Lipinski definition) is 1. The molecule has 0 aromatic heterocycles. The Hall–Kier alpha value is -0.0800.